The van der Waals surface area contributed by atoms with Crippen molar-refractivity contribution in [2.24, 2.45) is 7.05 Å². The molecule has 4 rings (SSSR count). The molecule has 3 aromatic rings. The molecule has 0 spiro atoms. The highest BCUT2D eigenvalue weighted by Gasteiger charge is 2.32. The Bertz CT molecular complexity index is 1400. The third-order valence-corrected chi connectivity index (χ3v) is 6.51. The van der Waals surface area contributed by atoms with E-state index in [9.17, 15) is 18.0 Å². The molecule has 0 bridgehead atoms. The maximum atomic E-state index is 13.6. The van der Waals surface area contributed by atoms with Crippen molar-refractivity contribution in [3.05, 3.63) is 76.7 Å². The molecule has 0 aliphatic carbocycles. The number of aromatic nitrogens is 2. The fourth-order valence-electron chi connectivity index (χ4n) is 4.18. The third-order valence-electron chi connectivity index (χ3n) is 6.51. The van der Waals surface area contributed by atoms with E-state index in [4.69, 9.17) is 0 Å². The molecule has 0 fully saturated rings. The Labute approximate surface area is 225 Å². The quantitative estimate of drug-likeness (QED) is 0.388. The summed E-state index contributed by atoms with van der Waals surface area (Å²) in [6.45, 7) is 4.97. The summed E-state index contributed by atoms with van der Waals surface area (Å²) >= 11 is 0. The Kier molecular flexibility index (Phi) is 7.89. The predicted molar refractivity (Wildman–Crippen MR) is 147 cm³/mol. The molecule has 0 saturated carbocycles. The molecule has 0 radical (unpaired) electrons. The minimum Gasteiger partial charge on any atom is -0.384 e. The van der Waals surface area contributed by atoms with Gasteiger partial charge in [0.25, 0.3) is 5.91 Å². The van der Waals surface area contributed by atoms with E-state index >= 15 is 0 Å². The SMILES string of the molecule is Cc1ccc(NC(=O)c2cc(NCCN(C)C)cc(C(F)(F)F)c2)cc1N1C=C(c2cnn(C)c2C)NN1C. The van der Waals surface area contributed by atoms with Crippen molar-refractivity contribution in [2.45, 2.75) is 20.0 Å². The summed E-state index contributed by atoms with van der Waals surface area (Å²) in [5, 5.41) is 13.7. The molecule has 1 aliphatic heterocycles. The lowest BCUT2D eigenvalue weighted by Gasteiger charge is -2.26. The number of hydrogen-bond donors (Lipinski definition) is 3. The van der Waals surface area contributed by atoms with Crippen LogP contribution in [0.4, 0.5) is 30.2 Å². The van der Waals surface area contributed by atoms with Crippen molar-refractivity contribution in [3.8, 4) is 0 Å². The fraction of sp³-hybridized carbons (Fsp3) is 0.333. The zero-order valence-corrected chi connectivity index (χ0v) is 22.8. The zero-order valence-electron chi connectivity index (χ0n) is 22.8. The van der Waals surface area contributed by atoms with Crippen LogP contribution in [0.2, 0.25) is 0 Å². The van der Waals surface area contributed by atoms with Crippen LogP contribution < -0.4 is 21.1 Å². The van der Waals surface area contributed by atoms with Crippen LogP contribution in [0.15, 0.2) is 48.8 Å². The number of rotatable bonds is 8. The third kappa shape index (κ3) is 6.35. The Hall–Kier alpha value is -4.03. The summed E-state index contributed by atoms with van der Waals surface area (Å²) in [7, 11) is 7.47. The molecule has 0 saturated heterocycles. The van der Waals surface area contributed by atoms with Crippen LogP contribution in [0.25, 0.3) is 5.70 Å². The lowest BCUT2D eigenvalue weighted by Crippen LogP contribution is -2.39. The number of hydrogen-bond acceptors (Lipinski definition) is 7. The average Bonchev–Trinajstić information content (AvgIpc) is 3.40. The van der Waals surface area contributed by atoms with Gasteiger partial charge in [-0.3, -0.25) is 19.9 Å². The van der Waals surface area contributed by atoms with Crippen LogP contribution in [-0.2, 0) is 13.2 Å². The summed E-state index contributed by atoms with van der Waals surface area (Å²) in [5.74, 6) is -0.637. The summed E-state index contributed by atoms with van der Waals surface area (Å²) in [6, 6.07) is 8.66. The smallest absolute Gasteiger partial charge is 0.384 e. The molecule has 9 nitrogen and oxygen atoms in total. The van der Waals surface area contributed by atoms with E-state index in [0.717, 1.165) is 40.3 Å². The Morgan fingerprint density at radius 1 is 1.08 bits per heavy atom. The van der Waals surface area contributed by atoms with Crippen LogP contribution in [0, 0.1) is 13.8 Å². The van der Waals surface area contributed by atoms with Gasteiger partial charge >= 0.3 is 6.18 Å². The van der Waals surface area contributed by atoms with E-state index in [-0.39, 0.29) is 11.3 Å². The van der Waals surface area contributed by atoms with Gasteiger partial charge in [-0.15, -0.1) is 5.12 Å². The summed E-state index contributed by atoms with van der Waals surface area (Å²) < 4.78 is 42.5. The Morgan fingerprint density at radius 2 is 1.82 bits per heavy atom. The van der Waals surface area contributed by atoms with Crippen LogP contribution in [0.1, 0.15) is 32.7 Å². The second-order valence-electron chi connectivity index (χ2n) is 9.77. The largest absolute Gasteiger partial charge is 0.416 e. The molecular formula is C27H33F3N8O. The Balaban J connectivity index is 1.59. The number of nitrogens with zero attached hydrogens (tertiary/aromatic N) is 5. The highest BCUT2D eigenvalue weighted by molar-refractivity contribution is 6.05. The highest BCUT2D eigenvalue weighted by atomic mass is 19.4. The van der Waals surface area contributed by atoms with Crippen LogP contribution in [0.3, 0.4) is 0 Å². The summed E-state index contributed by atoms with van der Waals surface area (Å²) in [4.78, 5) is 15.0. The van der Waals surface area contributed by atoms with E-state index in [0.29, 0.717) is 18.8 Å². The molecule has 2 aromatic carbocycles. The average molecular weight is 543 g/mol. The van der Waals surface area contributed by atoms with Crippen molar-refractivity contribution in [3.63, 3.8) is 0 Å². The minimum absolute atomic E-state index is 0.0894. The number of hydrazine groups is 2. The maximum Gasteiger partial charge on any atom is 0.416 e. The van der Waals surface area contributed by atoms with Gasteiger partial charge in [-0.2, -0.15) is 18.3 Å². The number of benzene rings is 2. The topological polar surface area (TPSA) is 80.7 Å². The van der Waals surface area contributed by atoms with E-state index in [1.807, 2.05) is 64.2 Å². The van der Waals surface area contributed by atoms with E-state index < -0.39 is 17.6 Å². The predicted octanol–water partition coefficient (Wildman–Crippen LogP) is 4.45. The van der Waals surface area contributed by atoms with Gasteiger partial charge in [-0.25, -0.2) is 0 Å². The molecule has 39 heavy (non-hydrogen) atoms. The molecule has 12 heteroatoms. The van der Waals surface area contributed by atoms with Gasteiger partial charge in [0.15, 0.2) is 0 Å². The second-order valence-corrected chi connectivity index (χ2v) is 9.77. The number of carbonyl (C=O) groups excluding carboxylic acids is 1. The standard InChI is InChI=1S/C27H33F3N8O/c1-17-7-8-21(14-25(17)38-16-24(34-37(38)6)23-15-32-36(5)18(23)2)33-26(39)19-11-20(27(28,29)30)13-22(12-19)31-9-10-35(3)4/h7-8,11-16,31,34H,9-10H2,1-6H3,(H,33,39). The minimum atomic E-state index is -4.59. The molecule has 208 valence electrons. The molecule has 0 unspecified atom stereocenters. The van der Waals surface area contributed by atoms with Crippen molar-refractivity contribution in [1.29, 1.82) is 0 Å². The molecule has 1 amide bonds. The first-order valence-electron chi connectivity index (χ1n) is 12.4. The van der Waals surface area contributed by atoms with E-state index in [2.05, 4.69) is 21.2 Å². The van der Waals surface area contributed by atoms with Gasteiger partial charge in [-0.1, -0.05) is 6.07 Å². The fourth-order valence-corrected chi connectivity index (χ4v) is 4.18. The number of nitrogens with one attached hydrogen (secondary N) is 3. The van der Waals surface area contributed by atoms with E-state index in [1.165, 1.54) is 6.07 Å². The molecule has 1 aromatic heterocycles. The second kappa shape index (κ2) is 11.0. The van der Waals surface area contributed by atoms with Gasteiger partial charge < -0.3 is 15.5 Å². The number of halogens is 3. The van der Waals surface area contributed by atoms with Crippen LogP contribution in [0.5, 0.6) is 0 Å². The number of likely N-dealkylation sites (N-methyl/N-ethyl adjacent to an activating group) is 1. The van der Waals surface area contributed by atoms with Crippen molar-refractivity contribution in [2.75, 3.05) is 49.9 Å². The first-order chi connectivity index (χ1) is 18.3. The first-order valence-corrected chi connectivity index (χ1v) is 12.4. The molecular weight excluding hydrogens is 509 g/mol. The molecule has 3 N–H and O–H groups in total. The van der Waals surface area contributed by atoms with Crippen LogP contribution in [-0.4, -0.2) is 59.9 Å². The van der Waals surface area contributed by atoms with Gasteiger partial charge in [-0.05, 0) is 63.8 Å². The van der Waals surface area contributed by atoms with Crippen LogP contribution >= 0.6 is 0 Å². The number of anilines is 3. The highest BCUT2D eigenvalue weighted by Crippen LogP contribution is 2.33. The van der Waals surface area contributed by atoms with Gasteiger partial charge in [0.05, 0.1) is 23.1 Å². The number of aryl methyl sites for hydroxylation is 2. The molecule has 1 aliphatic rings. The van der Waals surface area contributed by atoms with Gasteiger partial charge in [0, 0.05) is 61.6 Å². The van der Waals surface area contributed by atoms with Crippen molar-refractivity contribution < 1.29 is 18.0 Å². The zero-order chi connectivity index (χ0) is 28.5. The lowest BCUT2D eigenvalue weighted by atomic mass is 10.1. The number of amides is 1. The molecule has 0 atom stereocenters. The molecule has 2 heterocycles. The summed E-state index contributed by atoms with van der Waals surface area (Å²) in [6.07, 6.45) is -0.876. The van der Waals surface area contributed by atoms with Crippen molar-refractivity contribution in [1.82, 2.24) is 25.2 Å². The van der Waals surface area contributed by atoms with Gasteiger partial charge in [0.1, 0.15) is 0 Å². The summed E-state index contributed by atoms with van der Waals surface area (Å²) in [5.41, 5.74) is 7.54. The monoisotopic (exact) mass is 542 g/mol. The first kappa shape index (κ1) is 28.0. The normalized spacial score (nSPS) is 14.0. The van der Waals surface area contributed by atoms with Crippen molar-refractivity contribution >= 4 is 28.7 Å². The Morgan fingerprint density at radius 3 is 2.46 bits per heavy atom. The van der Waals surface area contributed by atoms with E-state index in [1.54, 1.807) is 28.1 Å². The number of alkyl halides is 3. The lowest BCUT2D eigenvalue weighted by molar-refractivity contribution is -0.137. The maximum absolute atomic E-state index is 13.6. The number of carbonyl (C=O) groups is 1. The van der Waals surface area contributed by atoms with Gasteiger partial charge in [0.2, 0.25) is 0 Å².